The molecule has 0 spiro atoms. The Morgan fingerprint density at radius 1 is 1.11 bits per heavy atom. The maximum absolute atomic E-state index is 12.6. The van der Waals surface area contributed by atoms with Crippen LogP contribution in [0.25, 0.3) is 11.0 Å². The number of nitrogens with zero attached hydrogens (tertiary/aromatic N) is 3. The highest BCUT2D eigenvalue weighted by molar-refractivity contribution is 5.83. The molecule has 5 heteroatoms. The number of piperidine rings is 1. The number of fused-ring (bicyclic) bond motifs is 1. The summed E-state index contributed by atoms with van der Waals surface area (Å²) in [4.78, 5) is 19.4. The summed E-state index contributed by atoms with van der Waals surface area (Å²) in [6, 6.07) is 18.5. The molecule has 0 unspecified atom stereocenters. The minimum atomic E-state index is -0.267. The standard InChI is InChI=1S/C23H28N4O/c1-18(27-17-25-21-9-5-6-10-22(21)27)23(28)24-13-16-26-14-11-20(12-15-26)19-7-3-2-4-8-19/h2-10,17-18,20H,11-16H2,1H3,(H,24,28)/t18-/m0/s1. The first-order valence-corrected chi connectivity index (χ1v) is 10.2. The molecular formula is C23H28N4O. The molecule has 2 heterocycles. The molecule has 2 aromatic carbocycles. The van der Waals surface area contributed by atoms with E-state index in [0.29, 0.717) is 12.5 Å². The number of imidazole rings is 1. The Kier molecular flexibility index (Phi) is 5.72. The number of carbonyl (C=O) groups is 1. The summed E-state index contributed by atoms with van der Waals surface area (Å²) in [6.45, 7) is 5.71. The zero-order chi connectivity index (χ0) is 19.3. The van der Waals surface area contributed by atoms with Gasteiger partial charge in [0.2, 0.25) is 5.91 Å². The van der Waals surface area contributed by atoms with Gasteiger partial charge in [-0.05, 0) is 56.5 Å². The number of rotatable bonds is 6. The predicted molar refractivity (Wildman–Crippen MR) is 112 cm³/mol. The Labute approximate surface area is 166 Å². The van der Waals surface area contributed by atoms with Gasteiger partial charge in [0.1, 0.15) is 6.04 Å². The van der Waals surface area contributed by atoms with Crippen molar-refractivity contribution in [3.05, 3.63) is 66.5 Å². The first-order chi connectivity index (χ1) is 13.7. The minimum absolute atomic E-state index is 0.0438. The number of benzene rings is 2. The molecule has 3 aromatic rings. The molecule has 4 rings (SSSR count). The van der Waals surface area contributed by atoms with E-state index in [4.69, 9.17) is 0 Å². The highest BCUT2D eigenvalue weighted by Crippen LogP contribution is 2.27. The summed E-state index contributed by atoms with van der Waals surface area (Å²) < 4.78 is 1.94. The topological polar surface area (TPSA) is 50.2 Å². The van der Waals surface area contributed by atoms with Gasteiger partial charge in [0.15, 0.2) is 0 Å². The molecular weight excluding hydrogens is 348 g/mol. The molecule has 146 valence electrons. The second kappa shape index (κ2) is 8.57. The summed E-state index contributed by atoms with van der Waals surface area (Å²) in [7, 11) is 0. The van der Waals surface area contributed by atoms with Gasteiger partial charge >= 0.3 is 0 Å². The molecule has 1 saturated heterocycles. The fourth-order valence-electron chi connectivity index (χ4n) is 4.11. The van der Waals surface area contributed by atoms with Gasteiger partial charge in [-0.2, -0.15) is 0 Å². The van der Waals surface area contributed by atoms with Crippen LogP contribution in [0.15, 0.2) is 60.9 Å². The smallest absolute Gasteiger partial charge is 0.242 e. The number of carbonyl (C=O) groups excluding carboxylic acids is 1. The average Bonchev–Trinajstić information content (AvgIpc) is 3.18. The van der Waals surface area contributed by atoms with Crippen molar-refractivity contribution >= 4 is 16.9 Å². The van der Waals surface area contributed by atoms with E-state index in [1.54, 1.807) is 6.33 Å². The van der Waals surface area contributed by atoms with Gasteiger partial charge < -0.3 is 14.8 Å². The van der Waals surface area contributed by atoms with Crippen LogP contribution in [0.5, 0.6) is 0 Å². The average molecular weight is 377 g/mol. The zero-order valence-electron chi connectivity index (χ0n) is 16.4. The minimum Gasteiger partial charge on any atom is -0.353 e. The zero-order valence-corrected chi connectivity index (χ0v) is 16.4. The molecule has 1 amide bonds. The number of nitrogens with one attached hydrogen (secondary N) is 1. The van der Waals surface area contributed by atoms with E-state index in [9.17, 15) is 4.79 Å². The fraction of sp³-hybridized carbons (Fsp3) is 0.391. The highest BCUT2D eigenvalue weighted by Gasteiger charge is 2.21. The molecule has 1 atom stereocenters. The second-order valence-electron chi connectivity index (χ2n) is 7.63. The lowest BCUT2D eigenvalue weighted by Gasteiger charge is -2.32. The van der Waals surface area contributed by atoms with Crippen LogP contribution in [0, 0.1) is 0 Å². The number of para-hydroxylation sites is 2. The summed E-state index contributed by atoms with van der Waals surface area (Å²) >= 11 is 0. The van der Waals surface area contributed by atoms with Gasteiger partial charge in [-0.25, -0.2) is 4.98 Å². The van der Waals surface area contributed by atoms with E-state index in [2.05, 4.69) is 45.5 Å². The molecule has 1 aromatic heterocycles. The lowest BCUT2D eigenvalue weighted by atomic mass is 9.89. The number of hydrogen-bond acceptors (Lipinski definition) is 3. The van der Waals surface area contributed by atoms with E-state index < -0.39 is 0 Å². The SMILES string of the molecule is C[C@@H](C(=O)NCCN1CCC(c2ccccc2)CC1)n1cnc2ccccc21. The van der Waals surface area contributed by atoms with Gasteiger partial charge in [-0.3, -0.25) is 4.79 Å². The number of amides is 1. The van der Waals surface area contributed by atoms with Crippen LogP contribution < -0.4 is 5.32 Å². The summed E-state index contributed by atoms with van der Waals surface area (Å²) in [6.07, 6.45) is 4.13. The van der Waals surface area contributed by atoms with Gasteiger partial charge in [0.05, 0.1) is 17.4 Å². The van der Waals surface area contributed by atoms with Gasteiger partial charge in [0.25, 0.3) is 0 Å². The van der Waals surface area contributed by atoms with Crippen molar-refractivity contribution in [2.45, 2.75) is 31.7 Å². The van der Waals surface area contributed by atoms with E-state index in [1.165, 1.54) is 18.4 Å². The van der Waals surface area contributed by atoms with E-state index in [0.717, 1.165) is 30.7 Å². The van der Waals surface area contributed by atoms with Crippen molar-refractivity contribution in [3.8, 4) is 0 Å². The molecule has 28 heavy (non-hydrogen) atoms. The van der Waals surface area contributed by atoms with Crippen molar-refractivity contribution in [3.63, 3.8) is 0 Å². The Balaban J connectivity index is 1.24. The molecule has 0 bridgehead atoms. The van der Waals surface area contributed by atoms with Crippen molar-refractivity contribution in [2.75, 3.05) is 26.2 Å². The Morgan fingerprint density at radius 3 is 2.61 bits per heavy atom. The molecule has 0 aliphatic carbocycles. The monoisotopic (exact) mass is 376 g/mol. The molecule has 1 fully saturated rings. The second-order valence-corrected chi connectivity index (χ2v) is 7.63. The summed E-state index contributed by atoms with van der Waals surface area (Å²) in [5.74, 6) is 0.712. The quantitative estimate of drug-likeness (QED) is 0.715. The van der Waals surface area contributed by atoms with Crippen LogP contribution in [-0.2, 0) is 4.79 Å². The van der Waals surface area contributed by atoms with Crippen molar-refractivity contribution in [1.29, 1.82) is 0 Å². The molecule has 1 N–H and O–H groups in total. The van der Waals surface area contributed by atoms with Crippen molar-refractivity contribution in [2.24, 2.45) is 0 Å². The molecule has 0 saturated carbocycles. The van der Waals surface area contributed by atoms with Crippen LogP contribution in [0.1, 0.15) is 37.3 Å². The molecule has 1 aliphatic heterocycles. The maximum Gasteiger partial charge on any atom is 0.242 e. The van der Waals surface area contributed by atoms with Crippen LogP contribution in [0.4, 0.5) is 0 Å². The van der Waals surface area contributed by atoms with E-state index in [-0.39, 0.29) is 11.9 Å². The van der Waals surface area contributed by atoms with E-state index in [1.807, 2.05) is 35.8 Å². The maximum atomic E-state index is 12.6. The van der Waals surface area contributed by atoms with Crippen LogP contribution in [-0.4, -0.2) is 46.5 Å². The van der Waals surface area contributed by atoms with E-state index >= 15 is 0 Å². The molecule has 0 radical (unpaired) electrons. The summed E-state index contributed by atoms with van der Waals surface area (Å²) in [5.41, 5.74) is 3.37. The predicted octanol–water partition coefficient (Wildman–Crippen LogP) is 3.59. The third-order valence-corrected chi connectivity index (χ3v) is 5.86. The van der Waals surface area contributed by atoms with Crippen LogP contribution in [0.2, 0.25) is 0 Å². The van der Waals surface area contributed by atoms with Crippen LogP contribution in [0.3, 0.4) is 0 Å². The van der Waals surface area contributed by atoms with Crippen molar-refractivity contribution in [1.82, 2.24) is 19.8 Å². The lowest BCUT2D eigenvalue weighted by molar-refractivity contribution is -0.123. The largest absolute Gasteiger partial charge is 0.353 e. The number of likely N-dealkylation sites (tertiary alicyclic amines) is 1. The van der Waals surface area contributed by atoms with Gasteiger partial charge in [0, 0.05) is 13.1 Å². The van der Waals surface area contributed by atoms with Gasteiger partial charge in [-0.1, -0.05) is 42.5 Å². The van der Waals surface area contributed by atoms with Gasteiger partial charge in [-0.15, -0.1) is 0 Å². The number of aromatic nitrogens is 2. The molecule has 1 aliphatic rings. The fourth-order valence-corrected chi connectivity index (χ4v) is 4.11. The Bertz CT molecular complexity index is 913. The third-order valence-electron chi connectivity index (χ3n) is 5.86. The van der Waals surface area contributed by atoms with Crippen molar-refractivity contribution < 1.29 is 4.79 Å². The Morgan fingerprint density at radius 2 is 1.82 bits per heavy atom. The third kappa shape index (κ3) is 4.09. The highest BCUT2D eigenvalue weighted by atomic mass is 16.2. The summed E-state index contributed by atoms with van der Waals surface area (Å²) in [5, 5.41) is 3.10. The lowest BCUT2D eigenvalue weighted by Crippen LogP contribution is -2.40. The first-order valence-electron chi connectivity index (χ1n) is 10.2. The Hall–Kier alpha value is -2.66. The normalized spacial score (nSPS) is 16.9. The first kappa shape index (κ1) is 18.7. The molecule has 5 nitrogen and oxygen atoms in total. The van der Waals surface area contributed by atoms with Crippen LogP contribution >= 0.6 is 0 Å². The number of hydrogen-bond donors (Lipinski definition) is 1.